The third kappa shape index (κ3) is 7.56. The summed E-state index contributed by atoms with van der Waals surface area (Å²) >= 11 is 0. The molecule has 3 aromatic carbocycles. The van der Waals surface area contributed by atoms with Crippen molar-refractivity contribution in [3.63, 3.8) is 0 Å². The van der Waals surface area contributed by atoms with Gasteiger partial charge in [0.05, 0.1) is 37.5 Å². The lowest BCUT2D eigenvalue weighted by Crippen LogP contribution is -2.41. The number of anilines is 1. The van der Waals surface area contributed by atoms with E-state index < -0.39 is 34.2 Å². The van der Waals surface area contributed by atoms with Gasteiger partial charge in [0.2, 0.25) is 5.91 Å². The number of aryl methyl sites for hydroxylation is 1. The van der Waals surface area contributed by atoms with Gasteiger partial charge >= 0.3 is 6.18 Å². The molecule has 0 aromatic heterocycles. The number of nitrogens with one attached hydrogen (secondary N) is 1. The lowest BCUT2D eigenvalue weighted by molar-refractivity contribution is -0.137. The first-order valence-electron chi connectivity index (χ1n) is 11.8. The molecule has 0 aliphatic heterocycles. The van der Waals surface area contributed by atoms with Gasteiger partial charge in [-0.3, -0.25) is 9.10 Å². The number of methoxy groups -OCH3 is 3. The van der Waals surface area contributed by atoms with Crippen molar-refractivity contribution in [2.75, 3.05) is 38.7 Å². The standard InChI is InChI=1S/C27H29F3N2O6S/c1-36-22-11-4-7-19(15-22)8-6-14-31-26(33)18-32(21-10-5-9-20(16-21)27(28,29)30)39(34,35)23-12-13-24(37-2)25(17-23)38-3/h4-5,7,9-13,15-17H,6,8,14,18H2,1-3H3,(H,31,33). The average Bonchev–Trinajstić information content (AvgIpc) is 2.93. The van der Waals surface area contributed by atoms with Crippen LogP contribution < -0.4 is 23.8 Å². The van der Waals surface area contributed by atoms with Crippen LogP contribution in [0.25, 0.3) is 0 Å². The average molecular weight is 567 g/mol. The highest BCUT2D eigenvalue weighted by Crippen LogP contribution is 2.35. The number of sulfonamides is 1. The van der Waals surface area contributed by atoms with Gasteiger partial charge in [-0.15, -0.1) is 0 Å². The maximum Gasteiger partial charge on any atom is 0.416 e. The van der Waals surface area contributed by atoms with Gasteiger partial charge in [0.1, 0.15) is 12.3 Å². The predicted octanol–water partition coefficient (Wildman–Crippen LogP) is 4.68. The van der Waals surface area contributed by atoms with Crippen LogP contribution in [0.1, 0.15) is 17.5 Å². The quantitative estimate of drug-likeness (QED) is 0.320. The van der Waals surface area contributed by atoms with Crippen LogP contribution in [0.5, 0.6) is 17.2 Å². The summed E-state index contributed by atoms with van der Waals surface area (Å²) in [7, 11) is -0.242. The summed E-state index contributed by atoms with van der Waals surface area (Å²) in [5.41, 5.74) is -0.373. The third-order valence-corrected chi connectivity index (χ3v) is 7.56. The van der Waals surface area contributed by atoms with Gasteiger partial charge in [0.15, 0.2) is 11.5 Å². The van der Waals surface area contributed by atoms with Crippen LogP contribution >= 0.6 is 0 Å². The third-order valence-electron chi connectivity index (χ3n) is 5.79. The zero-order valence-corrected chi connectivity index (χ0v) is 22.4. The number of hydrogen-bond acceptors (Lipinski definition) is 6. The van der Waals surface area contributed by atoms with Gasteiger partial charge in [-0.25, -0.2) is 8.42 Å². The highest BCUT2D eigenvalue weighted by Gasteiger charge is 2.33. The summed E-state index contributed by atoms with van der Waals surface area (Å²) in [6, 6.07) is 15.0. The van der Waals surface area contributed by atoms with E-state index >= 15 is 0 Å². The van der Waals surface area contributed by atoms with Crippen LogP contribution in [0.2, 0.25) is 0 Å². The lowest BCUT2D eigenvalue weighted by Gasteiger charge is -2.25. The molecule has 39 heavy (non-hydrogen) atoms. The summed E-state index contributed by atoms with van der Waals surface area (Å²) in [4.78, 5) is 12.5. The fourth-order valence-electron chi connectivity index (χ4n) is 3.79. The Balaban J connectivity index is 1.84. The van der Waals surface area contributed by atoms with Gasteiger partial charge in [-0.05, 0) is 60.9 Å². The van der Waals surface area contributed by atoms with E-state index in [1.165, 1.54) is 38.5 Å². The van der Waals surface area contributed by atoms with Crippen LogP contribution in [0.4, 0.5) is 18.9 Å². The molecule has 1 amide bonds. The van der Waals surface area contributed by atoms with E-state index in [-0.39, 0.29) is 28.6 Å². The number of alkyl halides is 3. The van der Waals surface area contributed by atoms with Crippen molar-refractivity contribution in [2.45, 2.75) is 23.9 Å². The van der Waals surface area contributed by atoms with Crippen molar-refractivity contribution in [1.82, 2.24) is 5.32 Å². The van der Waals surface area contributed by atoms with E-state index in [0.717, 1.165) is 17.7 Å². The number of ether oxygens (including phenoxy) is 3. The second-order valence-corrected chi connectivity index (χ2v) is 10.2. The SMILES string of the molecule is COc1cccc(CCCNC(=O)CN(c2cccc(C(F)(F)F)c2)S(=O)(=O)c2ccc(OC)c(OC)c2)c1. The molecule has 210 valence electrons. The zero-order chi connectivity index (χ0) is 28.6. The Bertz CT molecular complexity index is 1400. The van der Waals surface area contributed by atoms with Gasteiger partial charge in [-0.2, -0.15) is 13.2 Å². The van der Waals surface area contributed by atoms with Crippen LogP contribution in [-0.2, 0) is 27.4 Å². The molecule has 0 spiro atoms. The monoisotopic (exact) mass is 566 g/mol. The molecule has 1 N–H and O–H groups in total. The molecule has 0 aliphatic rings. The second-order valence-electron chi connectivity index (χ2n) is 8.38. The number of nitrogens with zero attached hydrogens (tertiary/aromatic N) is 1. The minimum atomic E-state index is -4.71. The van der Waals surface area contributed by atoms with Crippen molar-refractivity contribution in [3.8, 4) is 17.2 Å². The van der Waals surface area contributed by atoms with E-state index in [0.29, 0.717) is 29.0 Å². The number of amides is 1. The Morgan fingerprint density at radius 2 is 1.62 bits per heavy atom. The first-order valence-corrected chi connectivity index (χ1v) is 13.2. The molecule has 0 bridgehead atoms. The number of benzene rings is 3. The van der Waals surface area contributed by atoms with Crippen LogP contribution in [0.15, 0.2) is 71.6 Å². The molecule has 8 nitrogen and oxygen atoms in total. The molecule has 0 aliphatic carbocycles. The van der Waals surface area contributed by atoms with E-state index in [1.54, 1.807) is 7.11 Å². The summed E-state index contributed by atoms with van der Waals surface area (Å²) < 4.78 is 83.6. The van der Waals surface area contributed by atoms with Gasteiger partial charge in [0, 0.05) is 12.6 Å². The highest BCUT2D eigenvalue weighted by atomic mass is 32.2. The Labute approximate surface area is 225 Å². The predicted molar refractivity (Wildman–Crippen MR) is 140 cm³/mol. The summed E-state index contributed by atoms with van der Waals surface area (Å²) in [6.45, 7) is -0.514. The summed E-state index contributed by atoms with van der Waals surface area (Å²) in [5, 5.41) is 2.65. The second kappa shape index (κ2) is 12.7. The van der Waals surface area contributed by atoms with E-state index in [2.05, 4.69) is 5.32 Å². The number of carbonyl (C=O) groups excluding carboxylic acids is 1. The fraction of sp³-hybridized carbons (Fsp3) is 0.296. The Kier molecular flexibility index (Phi) is 9.68. The van der Waals surface area contributed by atoms with Gasteiger partial charge in [-0.1, -0.05) is 18.2 Å². The van der Waals surface area contributed by atoms with Gasteiger partial charge in [0.25, 0.3) is 10.0 Å². The fourth-order valence-corrected chi connectivity index (χ4v) is 5.22. The Hall–Kier alpha value is -3.93. The first kappa shape index (κ1) is 29.6. The molecular formula is C27H29F3N2O6S. The molecule has 0 fully saturated rings. The summed E-state index contributed by atoms with van der Waals surface area (Å²) in [5.74, 6) is 0.385. The van der Waals surface area contributed by atoms with Crippen LogP contribution in [-0.4, -0.2) is 48.7 Å². The highest BCUT2D eigenvalue weighted by molar-refractivity contribution is 7.92. The molecular weight excluding hydrogens is 537 g/mol. The van der Waals surface area contributed by atoms with E-state index in [9.17, 15) is 26.4 Å². The molecule has 0 saturated carbocycles. The Morgan fingerprint density at radius 1 is 0.897 bits per heavy atom. The topological polar surface area (TPSA) is 94.2 Å². The first-order chi connectivity index (χ1) is 18.5. The molecule has 0 unspecified atom stereocenters. The normalized spacial score (nSPS) is 11.5. The summed E-state index contributed by atoms with van der Waals surface area (Å²) in [6.07, 6.45) is -3.54. The minimum absolute atomic E-state index is 0.101. The molecule has 3 aromatic rings. The molecule has 0 saturated heterocycles. The maximum absolute atomic E-state index is 13.6. The zero-order valence-electron chi connectivity index (χ0n) is 21.6. The van der Waals surface area contributed by atoms with E-state index in [4.69, 9.17) is 14.2 Å². The van der Waals surface area contributed by atoms with Crippen molar-refractivity contribution in [3.05, 3.63) is 77.9 Å². The van der Waals surface area contributed by atoms with Gasteiger partial charge < -0.3 is 19.5 Å². The van der Waals surface area contributed by atoms with Crippen LogP contribution in [0.3, 0.4) is 0 Å². The molecule has 0 radical (unpaired) electrons. The Morgan fingerprint density at radius 3 is 2.28 bits per heavy atom. The number of halogens is 3. The lowest BCUT2D eigenvalue weighted by atomic mass is 10.1. The number of hydrogen-bond donors (Lipinski definition) is 1. The number of rotatable bonds is 12. The van der Waals surface area contributed by atoms with Crippen molar-refractivity contribution < 1.29 is 40.6 Å². The molecule has 0 atom stereocenters. The van der Waals surface area contributed by atoms with E-state index in [1.807, 2.05) is 24.3 Å². The smallest absolute Gasteiger partial charge is 0.416 e. The van der Waals surface area contributed by atoms with Crippen molar-refractivity contribution in [2.24, 2.45) is 0 Å². The number of carbonyl (C=O) groups is 1. The largest absolute Gasteiger partial charge is 0.497 e. The maximum atomic E-state index is 13.6. The molecule has 12 heteroatoms. The minimum Gasteiger partial charge on any atom is -0.497 e. The van der Waals surface area contributed by atoms with Crippen LogP contribution in [0, 0.1) is 0 Å². The molecule has 0 heterocycles. The molecule has 3 rings (SSSR count). The van der Waals surface area contributed by atoms with Crippen molar-refractivity contribution >= 4 is 21.6 Å². The van der Waals surface area contributed by atoms with Crippen molar-refractivity contribution in [1.29, 1.82) is 0 Å².